The molecule has 0 atom stereocenters. The Labute approximate surface area is 176 Å². The van der Waals surface area contributed by atoms with Gasteiger partial charge in [0.1, 0.15) is 0 Å². The second-order valence-electron chi connectivity index (χ2n) is 10.1. The van der Waals surface area contributed by atoms with Crippen LogP contribution in [0.25, 0.3) is 22.4 Å². The number of aromatic nitrogens is 1. The summed E-state index contributed by atoms with van der Waals surface area (Å²) in [7, 11) is 0. The van der Waals surface area contributed by atoms with Crippen LogP contribution in [0.2, 0.25) is 0 Å². The fraction of sp³-hybridized carbons (Fsp3) is 0.393. The standard InChI is InChI=1S/C28H33N/c1-8-19-11-9-10-12-22(19)21-14-16-25(29-18-21)20-13-15-23-24(17-20)27(4,5)28(6,7)26(23,2)3/h9-18H,8H2,1-7H3. The molecular formula is C28H33N. The number of fused-ring (bicyclic) bond motifs is 1. The molecule has 0 unspecified atom stereocenters. The van der Waals surface area contributed by atoms with Crippen LogP contribution in [0.1, 0.15) is 65.2 Å². The zero-order valence-electron chi connectivity index (χ0n) is 18.9. The topological polar surface area (TPSA) is 12.9 Å². The van der Waals surface area contributed by atoms with Gasteiger partial charge in [-0.15, -0.1) is 0 Å². The lowest BCUT2D eigenvalue weighted by Crippen LogP contribution is -2.42. The highest BCUT2D eigenvalue weighted by atomic mass is 14.7. The van der Waals surface area contributed by atoms with Gasteiger partial charge >= 0.3 is 0 Å². The summed E-state index contributed by atoms with van der Waals surface area (Å²) >= 11 is 0. The molecule has 1 heteroatoms. The normalized spacial score (nSPS) is 18.4. The highest BCUT2D eigenvalue weighted by molar-refractivity contribution is 5.70. The summed E-state index contributed by atoms with van der Waals surface area (Å²) in [4.78, 5) is 4.85. The van der Waals surface area contributed by atoms with Gasteiger partial charge in [0.05, 0.1) is 5.69 Å². The number of nitrogens with zero attached hydrogens (tertiary/aromatic N) is 1. The number of benzene rings is 2. The Balaban J connectivity index is 1.75. The number of pyridine rings is 1. The molecule has 1 heterocycles. The minimum atomic E-state index is 0.113. The Morgan fingerprint density at radius 1 is 0.724 bits per heavy atom. The molecule has 3 aromatic rings. The lowest BCUT2D eigenvalue weighted by molar-refractivity contribution is 0.125. The molecule has 29 heavy (non-hydrogen) atoms. The van der Waals surface area contributed by atoms with E-state index in [1.807, 2.05) is 6.20 Å². The van der Waals surface area contributed by atoms with Gasteiger partial charge in [-0.25, -0.2) is 0 Å². The third kappa shape index (κ3) is 2.78. The summed E-state index contributed by atoms with van der Waals surface area (Å²) < 4.78 is 0. The number of rotatable bonds is 3. The van der Waals surface area contributed by atoms with Crippen LogP contribution in [-0.2, 0) is 17.3 Å². The van der Waals surface area contributed by atoms with E-state index in [1.165, 1.54) is 33.4 Å². The Morgan fingerprint density at radius 2 is 1.38 bits per heavy atom. The maximum absolute atomic E-state index is 4.85. The van der Waals surface area contributed by atoms with E-state index in [0.717, 1.165) is 12.1 Å². The molecular weight excluding hydrogens is 350 g/mol. The van der Waals surface area contributed by atoms with Crippen molar-refractivity contribution in [1.82, 2.24) is 4.98 Å². The van der Waals surface area contributed by atoms with E-state index in [1.54, 1.807) is 0 Å². The van der Waals surface area contributed by atoms with E-state index in [0.29, 0.717) is 0 Å². The van der Waals surface area contributed by atoms with Gasteiger partial charge in [-0.05, 0) is 57.1 Å². The van der Waals surface area contributed by atoms with Gasteiger partial charge in [0.25, 0.3) is 0 Å². The fourth-order valence-corrected chi connectivity index (χ4v) is 5.05. The van der Waals surface area contributed by atoms with Crippen molar-refractivity contribution in [2.24, 2.45) is 5.41 Å². The summed E-state index contributed by atoms with van der Waals surface area (Å²) in [5.74, 6) is 0. The zero-order chi connectivity index (χ0) is 21.0. The van der Waals surface area contributed by atoms with E-state index in [-0.39, 0.29) is 16.2 Å². The third-order valence-corrected chi connectivity index (χ3v) is 8.26. The number of hydrogen-bond donors (Lipinski definition) is 0. The Kier molecular flexibility index (Phi) is 4.49. The molecule has 0 bridgehead atoms. The molecule has 0 radical (unpaired) electrons. The largest absolute Gasteiger partial charge is 0.256 e. The molecule has 0 saturated carbocycles. The zero-order valence-corrected chi connectivity index (χ0v) is 18.9. The number of hydrogen-bond acceptors (Lipinski definition) is 1. The number of aryl methyl sites for hydroxylation is 1. The molecule has 1 nitrogen and oxygen atoms in total. The van der Waals surface area contributed by atoms with Crippen LogP contribution < -0.4 is 0 Å². The second kappa shape index (κ2) is 6.55. The SMILES string of the molecule is CCc1ccccc1-c1ccc(-c2ccc3c(c2)C(C)(C)C(C)(C)C3(C)C)nc1. The van der Waals surface area contributed by atoms with Crippen LogP contribution in [0, 0.1) is 5.41 Å². The fourth-order valence-electron chi connectivity index (χ4n) is 5.05. The lowest BCUT2D eigenvalue weighted by Gasteiger charge is -2.44. The van der Waals surface area contributed by atoms with E-state index >= 15 is 0 Å². The molecule has 0 saturated heterocycles. The molecule has 4 rings (SSSR count). The summed E-state index contributed by atoms with van der Waals surface area (Å²) in [6, 6.07) is 20.0. The van der Waals surface area contributed by atoms with Crippen molar-refractivity contribution in [3.63, 3.8) is 0 Å². The molecule has 0 aliphatic heterocycles. The molecule has 0 fully saturated rings. The van der Waals surface area contributed by atoms with Crippen molar-refractivity contribution in [1.29, 1.82) is 0 Å². The lowest BCUT2D eigenvalue weighted by atomic mass is 9.59. The summed E-state index contributed by atoms with van der Waals surface area (Å²) in [6.07, 6.45) is 3.06. The molecule has 1 aliphatic carbocycles. The van der Waals surface area contributed by atoms with Gasteiger partial charge in [0.15, 0.2) is 0 Å². The predicted molar refractivity (Wildman–Crippen MR) is 124 cm³/mol. The Morgan fingerprint density at radius 3 is 2.03 bits per heavy atom. The monoisotopic (exact) mass is 383 g/mol. The van der Waals surface area contributed by atoms with Crippen LogP contribution in [0.5, 0.6) is 0 Å². The quantitative estimate of drug-likeness (QED) is 0.454. The van der Waals surface area contributed by atoms with E-state index < -0.39 is 0 Å². The van der Waals surface area contributed by atoms with Crippen molar-refractivity contribution in [2.75, 3.05) is 0 Å². The van der Waals surface area contributed by atoms with Gasteiger partial charge in [0, 0.05) is 17.3 Å². The summed E-state index contributed by atoms with van der Waals surface area (Å²) in [5.41, 5.74) is 9.48. The van der Waals surface area contributed by atoms with Gasteiger partial charge in [-0.2, -0.15) is 0 Å². The van der Waals surface area contributed by atoms with Crippen molar-refractivity contribution in [3.8, 4) is 22.4 Å². The average Bonchev–Trinajstić information content (AvgIpc) is 2.82. The van der Waals surface area contributed by atoms with Crippen molar-refractivity contribution in [3.05, 3.63) is 77.5 Å². The smallest absolute Gasteiger partial charge is 0.0702 e. The van der Waals surface area contributed by atoms with E-state index in [4.69, 9.17) is 4.98 Å². The summed E-state index contributed by atoms with van der Waals surface area (Å²) in [6.45, 7) is 16.6. The van der Waals surface area contributed by atoms with Crippen molar-refractivity contribution in [2.45, 2.75) is 65.7 Å². The maximum atomic E-state index is 4.85. The Hall–Kier alpha value is -2.41. The third-order valence-electron chi connectivity index (χ3n) is 8.26. The first-order valence-corrected chi connectivity index (χ1v) is 10.8. The van der Waals surface area contributed by atoms with Crippen LogP contribution in [0.15, 0.2) is 60.8 Å². The first-order chi connectivity index (χ1) is 13.6. The molecule has 150 valence electrons. The van der Waals surface area contributed by atoms with E-state index in [9.17, 15) is 0 Å². The predicted octanol–water partition coefficient (Wildman–Crippen LogP) is 7.57. The molecule has 1 aliphatic rings. The van der Waals surface area contributed by atoms with Gasteiger partial charge in [-0.3, -0.25) is 4.98 Å². The minimum Gasteiger partial charge on any atom is -0.256 e. The van der Waals surface area contributed by atoms with Crippen LogP contribution in [0.4, 0.5) is 0 Å². The first kappa shape index (κ1) is 19.9. The van der Waals surface area contributed by atoms with E-state index in [2.05, 4.69) is 103 Å². The highest BCUT2D eigenvalue weighted by Crippen LogP contribution is 2.61. The minimum absolute atomic E-state index is 0.113. The van der Waals surface area contributed by atoms with Gasteiger partial charge < -0.3 is 0 Å². The second-order valence-corrected chi connectivity index (χ2v) is 10.1. The molecule has 0 amide bonds. The van der Waals surface area contributed by atoms with Crippen LogP contribution in [0.3, 0.4) is 0 Å². The van der Waals surface area contributed by atoms with Crippen LogP contribution >= 0.6 is 0 Å². The van der Waals surface area contributed by atoms with Crippen LogP contribution in [-0.4, -0.2) is 4.98 Å². The Bertz CT molecular complexity index is 1050. The average molecular weight is 384 g/mol. The summed E-state index contributed by atoms with van der Waals surface area (Å²) in [5, 5.41) is 0. The first-order valence-electron chi connectivity index (χ1n) is 10.8. The van der Waals surface area contributed by atoms with Crippen molar-refractivity contribution < 1.29 is 0 Å². The molecule has 0 spiro atoms. The molecule has 2 aromatic carbocycles. The maximum Gasteiger partial charge on any atom is 0.0702 e. The molecule has 1 aromatic heterocycles. The highest BCUT2D eigenvalue weighted by Gasteiger charge is 2.56. The van der Waals surface area contributed by atoms with Gasteiger partial charge in [-0.1, -0.05) is 90.9 Å². The molecule has 0 N–H and O–H groups in total. The van der Waals surface area contributed by atoms with Crippen molar-refractivity contribution >= 4 is 0 Å². The van der Waals surface area contributed by atoms with Gasteiger partial charge in [0.2, 0.25) is 0 Å².